The summed E-state index contributed by atoms with van der Waals surface area (Å²) in [4.78, 5) is 33.7. The third-order valence-electron chi connectivity index (χ3n) is 6.09. The number of pyridine rings is 1. The highest BCUT2D eigenvalue weighted by atomic mass is 16.6. The summed E-state index contributed by atoms with van der Waals surface area (Å²) in [5, 5.41) is 0. The predicted octanol–water partition coefficient (Wildman–Crippen LogP) is 0.960. The molecule has 0 aromatic carbocycles. The number of methoxy groups -OCH3 is 1. The molecule has 3 aliphatic heterocycles. The average molecular weight is 389 g/mol. The van der Waals surface area contributed by atoms with Crippen molar-refractivity contribution in [1.29, 1.82) is 0 Å². The molecule has 3 fully saturated rings. The fourth-order valence-electron chi connectivity index (χ4n) is 4.42. The molecule has 3 saturated heterocycles. The van der Waals surface area contributed by atoms with Crippen LogP contribution in [0.15, 0.2) is 18.3 Å². The van der Waals surface area contributed by atoms with Gasteiger partial charge in [-0.1, -0.05) is 0 Å². The van der Waals surface area contributed by atoms with Crippen molar-refractivity contribution in [3.63, 3.8) is 0 Å². The smallest absolute Gasteiger partial charge is 0.312 e. The van der Waals surface area contributed by atoms with E-state index in [-0.39, 0.29) is 18.0 Å². The maximum atomic E-state index is 12.8. The summed E-state index contributed by atoms with van der Waals surface area (Å²) < 4.78 is 16.4. The molecule has 0 bridgehead atoms. The summed E-state index contributed by atoms with van der Waals surface area (Å²) in [6.45, 7) is 5.06. The molecule has 4 heterocycles. The largest absolute Gasteiger partial charge is 0.494 e. The quantitative estimate of drug-likeness (QED) is 0.710. The van der Waals surface area contributed by atoms with Crippen molar-refractivity contribution in [3.8, 4) is 5.75 Å². The number of hydrogen-bond donors (Lipinski definition) is 0. The van der Waals surface area contributed by atoms with E-state index in [0.29, 0.717) is 37.4 Å². The van der Waals surface area contributed by atoms with E-state index in [4.69, 9.17) is 14.2 Å². The van der Waals surface area contributed by atoms with E-state index < -0.39 is 5.41 Å². The van der Waals surface area contributed by atoms with Gasteiger partial charge in [-0.05, 0) is 25.0 Å². The molecule has 152 valence electrons. The molecule has 1 amide bonds. The van der Waals surface area contributed by atoms with Gasteiger partial charge in [0.15, 0.2) is 5.69 Å². The molecule has 28 heavy (non-hydrogen) atoms. The summed E-state index contributed by atoms with van der Waals surface area (Å²) in [5.74, 6) is 0.218. The van der Waals surface area contributed by atoms with Crippen LogP contribution in [0.1, 0.15) is 29.8 Å². The van der Waals surface area contributed by atoms with E-state index in [1.165, 1.54) is 7.11 Å². The number of carbonyl (C=O) groups excluding carboxylic acids is 2. The lowest BCUT2D eigenvalue weighted by molar-refractivity contribution is -0.151. The highest BCUT2D eigenvalue weighted by Gasteiger charge is 2.51. The van der Waals surface area contributed by atoms with Crippen LogP contribution in [-0.4, -0.2) is 85.8 Å². The number of esters is 1. The molecule has 8 heteroatoms. The zero-order valence-corrected chi connectivity index (χ0v) is 16.3. The molecule has 8 nitrogen and oxygen atoms in total. The molecule has 1 atom stereocenters. The van der Waals surface area contributed by atoms with E-state index in [0.717, 1.165) is 39.3 Å². The van der Waals surface area contributed by atoms with Crippen LogP contribution in [0.25, 0.3) is 0 Å². The monoisotopic (exact) mass is 389 g/mol. The molecule has 1 spiro atoms. The van der Waals surface area contributed by atoms with Gasteiger partial charge < -0.3 is 19.1 Å². The Morgan fingerprint density at radius 2 is 2.04 bits per heavy atom. The number of piperidine rings is 1. The normalized spacial score (nSPS) is 25.0. The number of likely N-dealkylation sites (tertiary alicyclic amines) is 1. The van der Waals surface area contributed by atoms with E-state index in [2.05, 4.69) is 9.88 Å². The summed E-state index contributed by atoms with van der Waals surface area (Å²) in [7, 11) is 1.53. The van der Waals surface area contributed by atoms with Crippen molar-refractivity contribution in [2.24, 2.45) is 5.41 Å². The molecule has 3 aliphatic rings. The molecular weight excluding hydrogens is 362 g/mol. The van der Waals surface area contributed by atoms with Gasteiger partial charge in [0.1, 0.15) is 11.9 Å². The number of amides is 1. The van der Waals surface area contributed by atoms with Crippen LogP contribution in [0.4, 0.5) is 0 Å². The number of carbonyl (C=O) groups is 2. The summed E-state index contributed by atoms with van der Waals surface area (Å²) in [6, 6.07) is 3.47. The number of nitrogens with zero attached hydrogens (tertiary/aromatic N) is 3. The lowest BCUT2D eigenvalue weighted by atomic mass is 9.76. The molecule has 1 unspecified atom stereocenters. The summed E-state index contributed by atoms with van der Waals surface area (Å²) in [6.07, 6.45) is 3.52. The van der Waals surface area contributed by atoms with Crippen molar-refractivity contribution in [2.75, 3.05) is 53.0 Å². The lowest BCUT2D eigenvalue weighted by Crippen LogP contribution is -2.45. The van der Waals surface area contributed by atoms with Gasteiger partial charge in [0, 0.05) is 45.3 Å². The van der Waals surface area contributed by atoms with Gasteiger partial charge >= 0.3 is 5.97 Å². The lowest BCUT2D eigenvalue weighted by Gasteiger charge is -2.36. The van der Waals surface area contributed by atoms with E-state index in [9.17, 15) is 9.59 Å². The standard InChI is InChI=1S/C20H27N3O5/c1-26-16-3-2-6-21-17(16)18(24)23-7-4-20(5-8-23)13-15(28-19(20)25)14-22-9-11-27-12-10-22/h2-3,6,15H,4-5,7-14H2,1H3. The van der Waals surface area contributed by atoms with Crippen molar-refractivity contribution in [1.82, 2.24) is 14.8 Å². The summed E-state index contributed by atoms with van der Waals surface area (Å²) >= 11 is 0. The number of morpholine rings is 1. The Hall–Kier alpha value is -2.19. The van der Waals surface area contributed by atoms with E-state index in [1.807, 2.05) is 0 Å². The highest BCUT2D eigenvalue weighted by Crippen LogP contribution is 2.43. The first kappa shape index (κ1) is 19.1. The number of aromatic nitrogens is 1. The minimum atomic E-state index is -0.456. The molecular formula is C20H27N3O5. The molecule has 0 aliphatic carbocycles. The third-order valence-corrected chi connectivity index (χ3v) is 6.09. The van der Waals surface area contributed by atoms with Gasteiger partial charge in [-0.25, -0.2) is 4.98 Å². The Morgan fingerprint density at radius 1 is 1.29 bits per heavy atom. The highest BCUT2D eigenvalue weighted by molar-refractivity contribution is 5.95. The van der Waals surface area contributed by atoms with E-state index in [1.54, 1.807) is 23.2 Å². The first-order valence-electron chi connectivity index (χ1n) is 9.91. The Morgan fingerprint density at radius 3 is 2.75 bits per heavy atom. The van der Waals surface area contributed by atoms with Crippen molar-refractivity contribution < 1.29 is 23.8 Å². The Balaban J connectivity index is 1.36. The van der Waals surface area contributed by atoms with Gasteiger partial charge in [0.2, 0.25) is 0 Å². The van der Waals surface area contributed by atoms with Crippen LogP contribution >= 0.6 is 0 Å². The second kappa shape index (κ2) is 8.05. The van der Waals surface area contributed by atoms with Crippen molar-refractivity contribution >= 4 is 11.9 Å². The number of ether oxygens (including phenoxy) is 3. The molecule has 1 aromatic heterocycles. The maximum Gasteiger partial charge on any atom is 0.312 e. The molecule has 0 saturated carbocycles. The van der Waals surface area contributed by atoms with Crippen LogP contribution in [0.5, 0.6) is 5.75 Å². The van der Waals surface area contributed by atoms with Gasteiger partial charge in [0.05, 0.1) is 25.7 Å². The van der Waals surface area contributed by atoms with Gasteiger partial charge in [-0.2, -0.15) is 0 Å². The zero-order chi connectivity index (χ0) is 19.6. The maximum absolute atomic E-state index is 12.8. The fourth-order valence-corrected chi connectivity index (χ4v) is 4.42. The van der Waals surface area contributed by atoms with Crippen LogP contribution in [0, 0.1) is 5.41 Å². The van der Waals surface area contributed by atoms with E-state index >= 15 is 0 Å². The number of hydrogen-bond acceptors (Lipinski definition) is 7. The SMILES string of the molecule is COc1cccnc1C(=O)N1CCC2(CC1)CC(CN1CCOCC1)OC2=O. The molecule has 1 aromatic rings. The minimum absolute atomic E-state index is 0.0660. The number of rotatable bonds is 4. The molecule has 0 radical (unpaired) electrons. The third kappa shape index (κ3) is 3.71. The van der Waals surface area contributed by atoms with Gasteiger partial charge in [-0.3, -0.25) is 14.5 Å². The van der Waals surface area contributed by atoms with Crippen LogP contribution in [-0.2, 0) is 14.3 Å². The minimum Gasteiger partial charge on any atom is -0.494 e. The fraction of sp³-hybridized carbons (Fsp3) is 0.650. The first-order chi connectivity index (χ1) is 13.6. The Labute approximate surface area is 164 Å². The van der Waals surface area contributed by atoms with Crippen molar-refractivity contribution in [3.05, 3.63) is 24.0 Å². The first-order valence-corrected chi connectivity index (χ1v) is 9.91. The van der Waals surface area contributed by atoms with Crippen LogP contribution in [0.2, 0.25) is 0 Å². The molecule has 0 N–H and O–H groups in total. The van der Waals surface area contributed by atoms with Gasteiger partial charge in [-0.15, -0.1) is 0 Å². The van der Waals surface area contributed by atoms with Gasteiger partial charge in [0.25, 0.3) is 5.91 Å². The Bertz CT molecular complexity index is 726. The number of cyclic esters (lactones) is 1. The second-order valence-electron chi connectivity index (χ2n) is 7.77. The second-order valence-corrected chi connectivity index (χ2v) is 7.77. The summed E-state index contributed by atoms with van der Waals surface area (Å²) in [5.41, 5.74) is -0.137. The average Bonchev–Trinajstić information content (AvgIpc) is 3.03. The predicted molar refractivity (Wildman–Crippen MR) is 100 cm³/mol. The topological polar surface area (TPSA) is 81.2 Å². The zero-order valence-electron chi connectivity index (χ0n) is 16.3. The van der Waals surface area contributed by atoms with Crippen molar-refractivity contribution in [2.45, 2.75) is 25.4 Å². The molecule has 4 rings (SSSR count). The van der Waals surface area contributed by atoms with Crippen LogP contribution < -0.4 is 4.74 Å². The van der Waals surface area contributed by atoms with Crippen LogP contribution in [0.3, 0.4) is 0 Å². The Kier molecular flexibility index (Phi) is 5.50.